The molecule has 136 valence electrons. The van der Waals surface area contributed by atoms with Crippen molar-refractivity contribution in [3.63, 3.8) is 0 Å². The van der Waals surface area contributed by atoms with Crippen LogP contribution in [-0.2, 0) is 19.4 Å². The molecule has 1 unspecified atom stereocenters. The molecule has 0 fully saturated rings. The zero-order valence-corrected chi connectivity index (χ0v) is 14.7. The van der Waals surface area contributed by atoms with E-state index in [1.807, 2.05) is 12.1 Å². The van der Waals surface area contributed by atoms with Crippen molar-refractivity contribution in [3.05, 3.63) is 46.5 Å². The molecule has 3 heterocycles. The molecule has 0 bridgehead atoms. The summed E-state index contributed by atoms with van der Waals surface area (Å²) in [6.45, 7) is 1.42. The van der Waals surface area contributed by atoms with Crippen molar-refractivity contribution < 1.29 is 24.1 Å². The van der Waals surface area contributed by atoms with Gasteiger partial charge in [0.1, 0.15) is 0 Å². The summed E-state index contributed by atoms with van der Waals surface area (Å²) in [5, 5.41) is 9.91. The molecule has 0 saturated carbocycles. The van der Waals surface area contributed by atoms with E-state index in [2.05, 4.69) is 24.1 Å². The number of likely N-dealkylation sites (N-methyl/N-ethyl adjacent to an activating group) is 1. The van der Waals surface area contributed by atoms with Crippen molar-refractivity contribution in [2.24, 2.45) is 0 Å². The lowest BCUT2D eigenvalue weighted by atomic mass is 9.87. The summed E-state index contributed by atoms with van der Waals surface area (Å²) in [5.41, 5.74) is 4.48. The van der Waals surface area contributed by atoms with E-state index in [-0.39, 0.29) is 26.2 Å². The Balaban J connectivity index is 1.54. The number of hydrogen-bond acceptors (Lipinski definition) is 6. The van der Waals surface area contributed by atoms with Gasteiger partial charge in [0.25, 0.3) is 0 Å². The van der Waals surface area contributed by atoms with E-state index >= 15 is 0 Å². The van der Waals surface area contributed by atoms with Gasteiger partial charge in [0.05, 0.1) is 6.61 Å². The molecule has 0 amide bonds. The fourth-order valence-corrected chi connectivity index (χ4v) is 4.13. The van der Waals surface area contributed by atoms with E-state index in [4.69, 9.17) is 18.9 Å². The van der Waals surface area contributed by atoms with E-state index in [0.717, 1.165) is 42.0 Å². The second kappa shape index (κ2) is 6.07. The number of nitrogens with zero attached hydrogens (tertiary/aromatic N) is 1. The minimum absolute atomic E-state index is 0.0632. The second-order valence-corrected chi connectivity index (χ2v) is 6.95. The molecule has 1 N–H and O–H groups in total. The summed E-state index contributed by atoms with van der Waals surface area (Å²) in [6, 6.07) is 8.40. The first-order chi connectivity index (χ1) is 12.7. The molecule has 0 aromatic heterocycles. The molecule has 6 heteroatoms. The van der Waals surface area contributed by atoms with Crippen molar-refractivity contribution in [3.8, 4) is 23.0 Å². The molecule has 0 spiro atoms. The van der Waals surface area contributed by atoms with Gasteiger partial charge >= 0.3 is 0 Å². The topological polar surface area (TPSA) is 60.4 Å². The molecule has 5 rings (SSSR count). The van der Waals surface area contributed by atoms with Gasteiger partial charge in [-0.3, -0.25) is 4.90 Å². The molecular formula is C20H21NO5. The summed E-state index contributed by atoms with van der Waals surface area (Å²) in [4.78, 5) is 2.36. The first-order valence-electron chi connectivity index (χ1n) is 8.88. The van der Waals surface area contributed by atoms with Gasteiger partial charge in [-0.1, -0.05) is 6.07 Å². The number of aliphatic hydroxyl groups is 1. The first kappa shape index (κ1) is 15.8. The molecule has 1 atom stereocenters. The Hall–Kier alpha value is -2.44. The van der Waals surface area contributed by atoms with Gasteiger partial charge in [-0.2, -0.15) is 0 Å². The van der Waals surface area contributed by atoms with Crippen LogP contribution < -0.4 is 18.9 Å². The predicted molar refractivity (Wildman–Crippen MR) is 93.8 cm³/mol. The van der Waals surface area contributed by atoms with Crippen LogP contribution in [0, 0.1) is 0 Å². The van der Waals surface area contributed by atoms with Gasteiger partial charge in [-0.15, -0.1) is 0 Å². The highest BCUT2D eigenvalue weighted by Crippen LogP contribution is 2.43. The Kier molecular flexibility index (Phi) is 3.69. The van der Waals surface area contributed by atoms with Crippen LogP contribution in [0.25, 0.3) is 0 Å². The first-order valence-corrected chi connectivity index (χ1v) is 8.88. The molecule has 3 aliphatic rings. The Morgan fingerprint density at radius 2 is 1.81 bits per heavy atom. The van der Waals surface area contributed by atoms with Crippen LogP contribution >= 0.6 is 0 Å². The number of rotatable bonds is 3. The summed E-state index contributed by atoms with van der Waals surface area (Å²) >= 11 is 0. The van der Waals surface area contributed by atoms with Crippen molar-refractivity contribution in [2.75, 3.05) is 27.2 Å². The highest BCUT2D eigenvalue weighted by Gasteiger charge is 2.30. The maximum absolute atomic E-state index is 9.91. The SMILES string of the molecule is CN1CCc2cc3c(cc2C1Cc1ccc2c(c1CO)OCO2)OCO3. The minimum Gasteiger partial charge on any atom is -0.454 e. The lowest BCUT2D eigenvalue weighted by molar-refractivity contribution is 0.171. The largest absolute Gasteiger partial charge is 0.454 e. The van der Waals surface area contributed by atoms with E-state index in [1.165, 1.54) is 11.1 Å². The summed E-state index contributed by atoms with van der Waals surface area (Å²) < 4.78 is 22.1. The number of hydrogen-bond donors (Lipinski definition) is 1. The van der Waals surface area contributed by atoms with E-state index in [0.29, 0.717) is 11.5 Å². The lowest BCUT2D eigenvalue weighted by Crippen LogP contribution is -2.33. The van der Waals surface area contributed by atoms with Crippen molar-refractivity contribution in [2.45, 2.75) is 25.5 Å². The van der Waals surface area contributed by atoms with Gasteiger partial charge in [-0.25, -0.2) is 0 Å². The zero-order valence-electron chi connectivity index (χ0n) is 14.7. The normalized spacial score (nSPS) is 20.3. The van der Waals surface area contributed by atoms with Crippen LogP contribution in [0.1, 0.15) is 28.3 Å². The molecule has 0 aliphatic carbocycles. The summed E-state index contributed by atoms with van der Waals surface area (Å²) in [7, 11) is 2.14. The van der Waals surface area contributed by atoms with Crippen LogP contribution in [-0.4, -0.2) is 37.2 Å². The van der Waals surface area contributed by atoms with Gasteiger partial charge in [-0.05, 0) is 54.8 Å². The Morgan fingerprint density at radius 1 is 1.04 bits per heavy atom. The highest BCUT2D eigenvalue weighted by atomic mass is 16.7. The predicted octanol–water partition coefficient (Wildman–Crippen LogP) is 2.41. The Bertz CT molecular complexity index is 866. The molecule has 2 aromatic rings. The van der Waals surface area contributed by atoms with Crippen LogP contribution in [0.15, 0.2) is 24.3 Å². The van der Waals surface area contributed by atoms with Crippen molar-refractivity contribution >= 4 is 0 Å². The van der Waals surface area contributed by atoms with Gasteiger partial charge < -0.3 is 24.1 Å². The van der Waals surface area contributed by atoms with Crippen molar-refractivity contribution in [1.82, 2.24) is 4.90 Å². The number of benzene rings is 2. The number of aliphatic hydroxyl groups excluding tert-OH is 1. The summed E-state index contributed by atoms with van der Waals surface area (Å²) in [5.74, 6) is 3.04. The Morgan fingerprint density at radius 3 is 2.65 bits per heavy atom. The van der Waals surface area contributed by atoms with E-state index in [9.17, 15) is 5.11 Å². The van der Waals surface area contributed by atoms with Gasteiger partial charge in [0, 0.05) is 18.2 Å². The average Bonchev–Trinajstić information content (AvgIpc) is 3.30. The smallest absolute Gasteiger partial charge is 0.231 e. The standard InChI is InChI=1S/C20H21NO5/c1-21-5-4-13-7-18-19(25-10-24-18)8-14(13)16(21)6-12-2-3-17-20(15(12)9-22)26-11-23-17/h2-3,7-8,16,22H,4-6,9-11H2,1H3. The monoisotopic (exact) mass is 355 g/mol. The Labute approximate surface area is 151 Å². The summed E-state index contributed by atoms with van der Waals surface area (Å²) in [6.07, 6.45) is 1.78. The molecule has 0 saturated heterocycles. The molecular weight excluding hydrogens is 334 g/mol. The zero-order chi connectivity index (χ0) is 17.7. The maximum Gasteiger partial charge on any atom is 0.231 e. The third-order valence-electron chi connectivity index (χ3n) is 5.57. The third-order valence-corrected chi connectivity index (χ3v) is 5.57. The molecule has 6 nitrogen and oxygen atoms in total. The maximum atomic E-state index is 9.91. The fourth-order valence-electron chi connectivity index (χ4n) is 4.13. The van der Waals surface area contributed by atoms with Crippen LogP contribution in [0.2, 0.25) is 0 Å². The minimum atomic E-state index is -0.0632. The number of ether oxygens (including phenoxy) is 4. The van der Waals surface area contributed by atoms with Gasteiger partial charge in [0.15, 0.2) is 23.0 Å². The quantitative estimate of drug-likeness (QED) is 0.912. The van der Waals surface area contributed by atoms with E-state index < -0.39 is 0 Å². The second-order valence-electron chi connectivity index (χ2n) is 6.95. The van der Waals surface area contributed by atoms with E-state index in [1.54, 1.807) is 0 Å². The van der Waals surface area contributed by atoms with Crippen LogP contribution in [0.3, 0.4) is 0 Å². The molecule has 26 heavy (non-hydrogen) atoms. The molecule has 3 aliphatic heterocycles. The fraction of sp³-hybridized carbons (Fsp3) is 0.400. The van der Waals surface area contributed by atoms with Crippen LogP contribution in [0.5, 0.6) is 23.0 Å². The number of fused-ring (bicyclic) bond motifs is 3. The van der Waals surface area contributed by atoms with Crippen molar-refractivity contribution in [1.29, 1.82) is 0 Å². The van der Waals surface area contributed by atoms with Crippen LogP contribution in [0.4, 0.5) is 0 Å². The molecule has 0 radical (unpaired) electrons. The molecule has 2 aromatic carbocycles. The lowest BCUT2D eigenvalue weighted by Gasteiger charge is -2.35. The highest BCUT2D eigenvalue weighted by molar-refractivity contribution is 5.54. The van der Waals surface area contributed by atoms with Gasteiger partial charge in [0.2, 0.25) is 13.6 Å². The third kappa shape index (κ3) is 2.40. The average molecular weight is 355 g/mol.